The minimum Gasteiger partial charge on any atom is -0.370 e. The van der Waals surface area contributed by atoms with Gasteiger partial charge in [0.2, 0.25) is 0 Å². The van der Waals surface area contributed by atoms with E-state index in [2.05, 4.69) is 47.1 Å². The molecule has 0 aliphatic carbocycles. The Bertz CT molecular complexity index is 551. The monoisotopic (exact) mass is 321 g/mol. The highest BCUT2D eigenvalue weighted by molar-refractivity contribution is 9.10. The van der Waals surface area contributed by atoms with Crippen LogP contribution in [0, 0.1) is 5.82 Å². The van der Waals surface area contributed by atoms with Crippen LogP contribution in [0.25, 0.3) is 0 Å². The number of hydrogen-bond donors (Lipinski definition) is 0. The quantitative estimate of drug-likeness (QED) is 0.782. The highest BCUT2D eigenvalue weighted by Crippen LogP contribution is 2.20. The van der Waals surface area contributed by atoms with Crippen LogP contribution in [-0.4, -0.2) is 7.05 Å². The SMILES string of the molecule is CCc1ccc(N(C)Cc2ccc(Br)cc2F)cc1. The van der Waals surface area contributed by atoms with Crippen LogP contribution in [0.1, 0.15) is 18.1 Å². The molecule has 3 heteroatoms. The van der Waals surface area contributed by atoms with Crippen molar-refractivity contribution in [2.75, 3.05) is 11.9 Å². The number of hydrogen-bond acceptors (Lipinski definition) is 1. The highest BCUT2D eigenvalue weighted by Gasteiger charge is 2.07. The van der Waals surface area contributed by atoms with Crippen molar-refractivity contribution in [3.8, 4) is 0 Å². The van der Waals surface area contributed by atoms with E-state index in [4.69, 9.17) is 0 Å². The number of anilines is 1. The van der Waals surface area contributed by atoms with E-state index in [1.54, 1.807) is 0 Å². The summed E-state index contributed by atoms with van der Waals surface area (Å²) in [5.74, 6) is -0.175. The van der Waals surface area contributed by atoms with Crippen LogP contribution in [0.5, 0.6) is 0 Å². The third-order valence-electron chi connectivity index (χ3n) is 3.21. The summed E-state index contributed by atoms with van der Waals surface area (Å²) in [6, 6.07) is 13.6. The van der Waals surface area contributed by atoms with E-state index in [9.17, 15) is 4.39 Å². The Kier molecular flexibility index (Phi) is 4.59. The van der Waals surface area contributed by atoms with Gasteiger partial charge < -0.3 is 4.90 Å². The Hall–Kier alpha value is -1.35. The summed E-state index contributed by atoms with van der Waals surface area (Å²) < 4.78 is 14.6. The molecule has 0 aliphatic heterocycles. The van der Waals surface area contributed by atoms with Crippen LogP contribution in [-0.2, 0) is 13.0 Å². The van der Waals surface area contributed by atoms with Gasteiger partial charge in [-0.15, -0.1) is 0 Å². The molecule has 0 atom stereocenters. The van der Waals surface area contributed by atoms with E-state index < -0.39 is 0 Å². The van der Waals surface area contributed by atoms with Gasteiger partial charge in [-0.2, -0.15) is 0 Å². The molecule has 0 saturated heterocycles. The molecule has 0 unspecified atom stereocenters. The molecular weight excluding hydrogens is 305 g/mol. The van der Waals surface area contributed by atoms with E-state index in [1.165, 1.54) is 11.6 Å². The van der Waals surface area contributed by atoms with Gasteiger partial charge in [-0.3, -0.25) is 0 Å². The first-order valence-corrected chi connectivity index (χ1v) is 7.13. The van der Waals surface area contributed by atoms with Crippen molar-refractivity contribution in [3.63, 3.8) is 0 Å². The predicted octanol–water partition coefficient (Wildman–Crippen LogP) is 4.79. The van der Waals surface area contributed by atoms with Crippen molar-refractivity contribution in [2.24, 2.45) is 0 Å². The van der Waals surface area contributed by atoms with Crippen LogP contribution in [0.4, 0.5) is 10.1 Å². The van der Waals surface area contributed by atoms with Gasteiger partial charge in [-0.1, -0.05) is 41.1 Å². The van der Waals surface area contributed by atoms with Gasteiger partial charge in [0.15, 0.2) is 0 Å². The summed E-state index contributed by atoms with van der Waals surface area (Å²) in [5, 5.41) is 0. The molecule has 0 bridgehead atoms. The van der Waals surface area contributed by atoms with Gasteiger partial charge >= 0.3 is 0 Å². The zero-order valence-corrected chi connectivity index (χ0v) is 12.7. The summed E-state index contributed by atoms with van der Waals surface area (Å²) >= 11 is 3.27. The average Bonchev–Trinajstić information content (AvgIpc) is 2.42. The molecule has 0 spiro atoms. The Morgan fingerprint density at radius 3 is 2.37 bits per heavy atom. The minimum absolute atomic E-state index is 0.175. The maximum Gasteiger partial charge on any atom is 0.129 e. The summed E-state index contributed by atoms with van der Waals surface area (Å²) in [6.07, 6.45) is 1.03. The lowest BCUT2D eigenvalue weighted by Gasteiger charge is -2.20. The second-order valence-corrected chi connectivity index (χ2v) is 5.53. The Labute approximate surface area is 122 Å². The number of nitrogens with zero attached hydrogens (tertiary/aromatic N) is 1. The molecule has 2 aromatic rings. The molecule has 0 radical (unpaired) electrons. The molecule has 0 saturated carbocycles. The Morgan fingerprint density at radius 1 is 1.11 bits per heavy atom. The smallest absolute Gasteiger partial charge is 0.129 e. The van der Waals surface area contributed by atoms with Crippen molar-refractivity contribution < 1.29 is 4.39 Å². The fraction of sp³-hybridized carbons (Fsp3) is 0.250. The number of halogens is 2. The van der Waals surface area contributed by atoms with E-state index in [0.29, 0.717) is 12.1 Å². The first-order chi connectivity index (χ1) is 9.10. The molecule has 0 aromatic heterocycles. The lowest BCUT2D eigenvalue weighted by molar-refractivity contribution is 0.607. The van der Waals surface area contributed by atoms with Crippen molar-refractivity contribution in [1.82, 2.24) is 0 Å². The fourth-order valence-electron chi connectivity index (χ4n) is 1.98. The van der Waals surface area contributed by atoms with Crippen LogP contribution in [0.15, 0.2) is 46.9 Å². The van der Waals surface area contributed by atoms with Crippen LogP contribution < -0.4 is 4.90 Å². The lowest BCUT2D eigenvalue weighted by Crippen LogP contribution is -2.17. The molecule has 0 fully saturated rings. The highest BCUT2D eigenvalue weighted by atomic mass is 79.9. The molecular formula is C16H17BrFN. The van der Waals surface area contributed by atoms with Crippen molar-refractivity contribution in [2.45, 2.75) is 19.9 Å². The maximum absolute atomic E-state index is 13.8. The third-order valence-corrected chi connectivity index (χ3v) is 3.70. The molecule has 0 aliphatic rings. The van der Waals surface area contributed by atoms with Gasteiger partial charge in [0.25, 0.3) is 0 Å². The standard InChI is InChI=1S/C16H17BrFN/c1-3-12-4-8-15(9-5-12)19(2)11-13-6-7-14(17)10-16(13)18/h4-10H,3,11H2,1-2H3. The zero-order chi connectivity index (χ0) is 13.8. The first kappa shape index (κ1) is 14.1. The normalized spacial score (nSPS) is 10.5. The molecule has 0 N–H and O–H groups in total. The van der Waals surface area contributed by atoms with Crippen molar-refractivity contribution in [3.05, 3.63) is 63.9 Å². The van der Waals surface area contributed by atoms with Gasteiger partial charge in [0, 0.05) is 29.3 Å². The largest absolute Gasteiger partial charge is 0.370 e. The van der Waals surface area contributed by atoms with E-state index in [-0.39, 0.29) is 5.82 Å². The first-order valence-electron chi connectivity index (χ1n) is 6.34. The second kappa shape index (κ2) is 6.20. The van der Waals surface area contributed by atoms with Gasteiger partial charge in [-0.05, 0) is 36.2 Å². The molecule has 2 aromatic carbocycles. The molecule has 2 rings (SSSR count). The minimum atomic E-state index is -0.175. The topological polar surface area (TPSA) is 3.24 Å². The zero-order valence-electron chi connectivity index (χ0n) is 11.2. The third kappa shape index (κ3) is 3.57. The Morgan fingerprint density at radius 2 is 1.79 bits per heavy atom. The molecule has 19 heavy (non-hydrogen) atoms. The Balaban J connectivity index is 2.13. The second-order valence-electron chi connectivity index (χ2n) is 4.61. The van der Waals surface area contributed by atoms with Crippen molar-refractivity contribution in [1.29, 1.82) is 0 Å². The number of benzene rings is 2. The summed E-state index contributed by atoms with van der Waals surface area (Å²) in [7, 11) is 1.97. The van der Waals surface area contributed by atoms with Crippen molar-refractivity contribution >= 4 is 21.6 Å². The van der Waals surface area contributed by atoms with Gasteiger partial charge in [0.1, 0.15) is 5.82 Å². The predicted molar refractivity (Wildman–Crippen MR) is 82.0 cm³/mol. The van der Waals surface area contributed by atoms with Crippen LogP contribution in [0.2, 0.25) is 0 Å². The van der Waals surface area contributed by atoms with E-state index >= 15 is 0 Å². The average molecular weight is 322 g/mol. The molecule has 100 valence electrons. The molecule has 1 nitrogen and oxygen atoms in total. The molecule has 0 amide bonds. The number of aryl methyl sites for hydroxylation is 1. The summed E-state index contributed by atoms with van der Waals surface area (Å²) in [6.45, 7) is 2.69. The fourth-order valence-corrected chi connectivity index (χ4v) is 2.32. The van der Waals surface area contributed by atoms with Gasteiger partial charge in [-0.25, -0.2) is 4.39 Å². The lowest BCUT2D eigenvalue weighted by atomic mass is 10.1. The van der Waals surface area contributed by atoms with Gasteiger partial charge in [0.05, 0.1) is 0 Å². The summed E-state index contributed by atoms with van der Waals surface area (Å²) in [4.78, 5) is 2.05. The van der Waals surface area contributed by atoms with E-state index in [0.717, 1.165) is 16.6 Å². The number of rotatable bonds is 4. The van der Waals surface area contributed by atoms with Crippen LogP contribution in [0.3, 0.4) is 0 Å². The van der Waals surface area contributed by atoms with Crippen LogP contribution >= 0.6 is 15.9 Å². The summed E-state index contributed by atoms with van der Waals surface area (Å²) in [5.41, 5.74) is 3.11. The molecule has 0 heterocycles. The maximum atomic E-state index is 13.8. The van der Waals surface area contributed by atoms with E-state index in [1.807, 2.05) is 24.1 Å².